The third kappa shape index (κ3) is 3.75. The van der Waals surface area contributed by atoms with Crippen molar-refractivity contribution in [3.05, 3.63) is 47.3 Å². The van der Waals surface area contributed by atoms with Crippen LogP contribution in [0.4, 0.5) is 4.39 Å². The second-order valence-corrected chi connectivity index (χ2v) is 5.65. The van der Waals surface area contributed by atoms with E-state index >= 15 is 0 Å². The van der Waals surface area contributed by atoms with E-state index in [1.807, 2.05) is 18.5 Å². The number of nitrogens with zero attached hydrogens (tertiary/aromatic N) is 3. The number of hydrogen-bond donors (Lipinski definition) is 1. The van der Waals surface area contributed by atoms with E-state index < -0.39 is 5.82 Å². The first kappa shape index (κ1) is 17.1. The van der Waals surface area contributed by atoms with E-state index in [1.165, 1.54) is 6.07 Å². The molecule has 5 nitrogen and oxygen atoms in total. The largest absolute Gasteiger partial charge is 0.344 e. The van der Waals surface area contributed by atoms with Crippen LogP contribution in [0.25, 0.3) is 0 Å². The van der Waals surface area contributed by atoms with Gasteiger partial charge in [-0.15, -0.1) is 0 Å². The van der Waals surface area contributed by atoms with Gasteiger partial charge in [-0.2, -0.15) is 5.10 Å². The topological polar surface area (TPSA) is 59.8 Å². The first-order valence-electron chi connectivity index (χ1n) is 7.94. The molecule has 0 aromatic carbocycles. The summed E-state index contributed by atoms with van der Waals surface area (Å²) in [6.07, 6.45) is 4.69. The quantitative estimate of drug-likeness (QED) is 0.885. The fourth-order valence-electron chi connectivity index (χ4n) is 2.64. The van der Waals surface area contributed by atoms with Gasteiger partial charge in [-0.05, 0) is 38.8 Å². The average Bonchev–Trinajstić information content (AvgIpc) is 2.91. The lowest BCUT2D eigenvalue weighted by atomic mass is 10.1. The summed E-state index contributed by atoms with van der Waals surface area (Å²) in [6.45, 7) is 7.94. The molecule has 0 bridgehead atoms. The number of rotatable bonds is 6. The Morgan fingerprint density at radius 2 is 2.00 bits per heavy atom. The monoisotopic (exact) mass is 318 g/mol. The van der Waals surface area contributed by atoms with Crippen LogP contribution < -0.4 is 5.32 Å². The van der Waals surface area contributed by atoms with E-state index in [2.05, 4.69) is 29.2 Å². The van der Waals surface area contributed by atoms with Crippen molar-refractivity contribution in [2.24, 2.45) is 0 Å². The molecule has 0 radical (unpaired) electrons. The van der Waals surface area contributed by atoms with Crippen molar-refractivity contribution in [1.82, 2.24) is 20.1 Å². The molecule has 1 N–H and O–H groups in total. The Bertz CT molecular complexity index is 662. The lowest BCUT2D eigenvalue weighted by molar-refractivity contribution is 0.0938. The molecule has 0 fully saturated rings. The number of carbonyl (C=O) groups is 1. The number of nitrogens with one attached hydrogen (secondary N) is 1. The van der Waals surface area contributed by atoms with Gasteiger partial charge in [0.2, 0.25) is 0 Å². The molecule has 0 aliphatic heterocycles. The molecular formula is C17H23FN4O. The highest BCUT2D eigenvalue weighted by Gasteiger charge is 2.19. The second-order valence-electron chi connectivity index (χ2n) is 5.65. The van der Waals surface area contributed by atoms with E-state index in [1.54, 1.807) is 12.3 Å². The molecule has 6 heteroatoms. The fraction of sp³-hybridized carbons (Fsp3) is 0.471. The summed E-state index contributed by atoms with van der Waals surface area (Å²) >= 11 is 0. The van der Waals surface area contributed by atoms with Gasteiger partial charge in [0.05, 0.1) is 35.7 Å². The first-order chi connectivity index (χ1) is 11.0. The maximum atomic E-state index is 12.9. The number of aromatic nitrogens is 3. The lowest BCUT2D eigenvalue weighted by Gasteiger charge is -2.16. The van der Waals surface area contributed by atoms with Crippen LogP contribution >= 0.6 is 0 Å². The minimum atomic E-state index is -0.394. The fourth-order valence-corrected chi connectivity index (χ4v) is 2.64. The van der Waals surface area contributed by atoms with Crippen molar-refractivity contribution in [1.29, 1.82) is 0 Å². The molecular weight excluding hydrogens is 295 g/mol. The van der Waals surface area contributed by atoms with Gasteiger partial charge in [-0.25, -0.2) is 4.39 Å². The van der Waals surface area contributed by atoms with Gasteiger partial charge < -0.3 is 5.32 Å². The Morgan fingerprint density at radius 3 is 2.57 bits per heavy atom. The minimum absolute atomic E-state index is 0.196. The zero-order valence-electron chi connectivity index (χ0n) is 14.0. The first-order valence-corrected chi connectivity index (χ1v) is 7.94. The smallest absolute Gasteiger partial charge is 0.255 e. The van der Waals surface area contributed by atoms with Crippen LogP contribution in [0.3, 0.4) is 0 Å². The Kier molecular flexibility index (Phi) is 5.47. The van der Waals surface area contributed by atoms with Gasteiger partial charge in [0.15, 0.2) is 0 Å². The number of hydrogen-bond acceptors (Lipinski definition) is 3. The van der Waals surface area contributed by atoms with Crippen LogP contribution in [0.15, 0.2) is 24.5 Å². The zero-order chi connectivity index (χ0) is 17.0. The van der Waals surface area contributed by atoms with Crippen LogP contribution in [0.5, 0.6) is 0 Å². The van der Waals surface area contributed by atoms with Gasteiger partial charge in [-0.3, -0.25) is 14.5 Å². The molecule has 124 valence electrons. The number of amides is 1. The second kappa shape index (κ2) is 7.35. The molecule has 0 aliphatic rings. The normalized spacial score (nSPS) is 12.4. The molecule has 23 heavy (non-hydrogen) atoms. The molecule has 0 unspecified atom stereocenters. The van der Waals surface area contributed by atoms with E-state index in [0.717, 1.165) is 24.7 Å². The molecule has 0 spiro atoms. The third-order valence-corrected chi connectivity index (χ3v) is 4.12. The van der Waals surface area contributed by atoms with E-state index in [-0.39, 0.29) is 11.9 Å². The van der Waals surface area contributed by atoms with Crippen molar-refractivity contribution in [3.8, 4) is 0 Å². The lowest BCUT2D eigenvalue weighted by Crippen LogP contribution is -2.27. The Labute approximate surface area is 135 Å². The van der Waals surface area contributed by atoms with Gasteiger partial charge in [-0.1, -0.05) is 13.8 Å². The predicted molar refractivity (Wildman–Crippen MR) is 86.7 cm³/mol. The van der Waals surface area contributed by atoms with Crippen molar-refractivity contribution in [2.45, 2.75) is 52.6 Å². The zero-order valence-corrected chi connectivity index (χ0v) is 14.0. The summed E-state index contributed by atoms with van der Waals surface area (Å²) in [4.78, 5) is 16.5. The number of carbonyl (C=O) groups excluding carboxylic acids is 1. The van der Waals surface area contributed by atoms with Crippen molar-refractivity contribution in [3.63, 3.8) is 0 Å². The molecule has 0 saturated carbocycles. The molecule has 2 aromatic heterocycles. The summed E-state index contributed by atoms with van der Waals surface area (Å²) in [5, 5.41) is 7.24. The van der Waals surface area contributed by atoms with Crippen molar-refractivity contribution in [2.75, 3.05) is 0 Å². The van der Waals surface area contributed by atoms with Crippen LogP contribution in [-0.4, -0.2) is 20.7 Å². The van der Waals surface area contributed by atoms with E-state index in [9.17, 15) is 9.18 Å². The molecule has 1 atom stereocenters. The van der Waals surface area contributed by atoms with Crippen molar-refractivity contribution < 1.29 is 9.18 Å². The Morgan fingerprint density at radius 1 is 1.30 bits per heavy atom. The maximum Gasteiger partial charge on any atom is 0.255 e. The molecule has 1 amide bonds. The van der Waals surface area contributed by atoms with Crippen LogP contribution in [0, 0.1) is 12.7 Å². The highest BCUT2D eigenvalue weighted by Crippen LogP contribution is 2.20. The summed E-state index contributed by atoms with van der Waals surface area (Å²) in [5.74, 6) is -0.590. The SMILES string of the molecule is CCC(CC)n1ncc(C(=O)N[C@H](C)c2ccc(F)cn2)c1C. The van der Waals surface area contributed by atoms with Gasteiger partial charge >= 0.3 is 0 Å². The molecule has 0 aliphatic carbocycles. The summed E-state index contributed by atoms with van der Waals surface area (Å²) in [5.41, 5.74) is 2.03. The minimum Gasteiger partial charge on any atom is -0.344 e. The molecule has 2 rings (SSSR count). The highest BCUT2D eigenvalue weighted by atomic mass is 19.1. The number of halogens is 1. The number of pyridine rings is 1. The summed E-state index contributed by atoms with van der Waals surface area (Å²) in [7, 11) is 0. The van der Waals surface area contributed by atoms with Gasteiger partial charge in [0, 0.05) is 5.69 Å². The van der Waals surface area contributed by atoms with Crippen molar-refractivity contribution >= 4 is 5.91 Å². The van der Waals surface area contributed by atoms with Crippen LogP contribution in [-0.2, 0) is 0 Å². The van der Waals surface area contributed by atoms with Gasteiger partial charge in [0.1, 0.15) is 5.82 Å². The Balaban J connectivity index is 2.13. The van der Waals surface area contributed by atoms with Crippen LogP contribution in [0.2, 0.25) is 0 Å². The summed E-state index contributed by atoms with van der Waals surface area (Å²) in [6, 6.07) is 2.90. The van der Waals surface area contributed by atoms with E-state index in [4.69, 9.17) is 0 Å². The predicted octanol–water partition coefficient (Wildman–Crippen LogP) is 3.58. The third-order valence-electron chi connectivity index (χ3n) is 4.12. The van der Waals surface area contributed by atoms with Gasteiger partial charge in [0.25, 0.3) is 5.91 Å². The molecule has 2 aromatic rings. The maximum absolute atomic E-state index is 12.9. The highest BCUT2D eigenvalue weighted by molar-refractivity contribution is 5.95. The molecule has 0 saturated heterocycles. The Hall–Kier alpha value is -2.24. The molecule has 2 heterocycles. The van der Waals surface area contributed by atoms with Crippen LogP contribution in [0.1, 0.15) is 67.4 Å². The van der Waals surface area contributed by atoms with E-state index in [0.29, 0.717) is 17.3 Å². The summed E-state index contributed by atoms with van der Waals surface area (Å²) < 4.78 is 14.8. The average molecular weight is 318 g/mol. The standard InChI is InChI=1S/C17H23FN4O/c1-5-14(6-2)22-12(4)15(10-20-22)17(23)21-11(3)16-8-7-13(18)9-19-16/h7-11,14H,5-6H2,1-4H3,(H,21,23)/t11-/m1/s1.